The molecular formula is C27H34N2O7. The molecule has 1 unspecified atom stereocenters. The molecule has 2 aliphatic carbocycles. The molecule has 0 N–H and O–H groups in total. The highest BCUT2D eigenvalue weighted by Gasteiger charge is 2.53. The Morgan fingerprint density at radius 3 is 1.39 bits per heavy atom. The minimum absolute atomic E-state index is 0.0902. The average Bonchev–Trinajstić information content (AvgIpc) is 3.17. The maximum absolute atomic E-state index is 13.3. The summed E-state index contributed by atoms with van der Waals surface area (Å²) < 4.78 is 5.15. The van der Waals surface area contributed by atoms with Crippen LogP contribution in [0.2, 0.25) is 0 Å². The number of amides is 4. The first-order chi connectivity index (χ1) is 16.8. The van der Waals surface area contributed by atoms with Crippen LogP contribution in [0.25, 0.3) is 0 Å². The summed E-state index contributed by atoms with van der Waals surface area (Å²) >= 11 is 0. The fourth-order valence-corrected chi connectivity index (χ4v) is 6.62. The quantitative estimate of drug-likeness (QED) is 0.238. The van der Waals surface area contributed by atoms with Crippen molar-refractivity contribution in [1.29, 1.82) is 0 Å². The Labute approximate surface area is 210 Å². The first-order valence-electron chi connectivity index (χ1n) is 12.4. The molecule has 5 atom stereocenters. The van der Waals surface area contributed by atoms with Crippen LogP contribution in [-0.4, -0.2) is 66.4 Å². The van der Waals surface area contributed by atoms with Crippen molar-refractivity contribution >= 4 is 35.4 Å². The van der Waals surface area contributed by atoms with Crippen molar-refractivity contribution in [2.24, 2.45) is 29.1 Å². The van der Waals surface area contributed by atoms with E-state index in [-0.39, 0.29) is 42.3 Å². The maximum Gasteiger partial charge on any atom is 0.320 e. The van der Waals surface area contributed by atoms with Gasteiger partial charge in [-0.05, 0) is 59.3 Å². The predicted octanol–water partition coefficient (Wildman–Crippen LogP) is 2.20. The van der Waals surface area contributed by atoms with Crippen LogP contribution >= 0.6 is 0 Å². The number of imide groups is 2. The van der Waals surface area contributed by atoms with Gasteiger partial charge in [0.25, 0.3) is 0 Å². The average molecular weight is 499 g/mol. The Balaban J connectivity index is 1.68. The smallest absolute Gasteiger partial charge is 0.320 e. The van der Waals surface area contributed by atoms with Crippen LogP contribution in [0.5, 0.6) is 0 Å². The van der Waals surface area contributed by atoms with Crippen molar-refractivity contribution in [3.63, 3.8) is 0 Å². The van der Waals surface area contributed by atoms with Gasteiger partial charge in [0.2, 0.25) is 23.6 Å². The zero-order chi connectivity index (χ0) is 26.7. The summed E-state index contributed by atoms with van der Waals surface area (Å²) in [6, 6.07) is 0. The third-order valence-electron chi connectivity index (χ3n) is 9.03. The van der Waals surface area contributed by atoms with Gasteiger partial charge < -0.3 is 4.74 Å². The molecular weight excluding hydrogens is 464 g/mol. The first kappa shape index (κ1) is 26.0. The van der Waals surface area contributed by atoms with Crippen molar-refractivity contribution in [2.45, 2.75) is 59.3 Å². The molecule has 0 aromatic rings. The highest BCUT2D eigenvalue weighted by atomic mass is 16.5. The number of hydrogen-bond acceptors (Lipinski definition) is 7. The fraction of sp³-hybridized carbons (Fsp3) is 0.630. The molecule has 4 aliphatic rings. The molecule has 0 radical (unpaired) electrons. The lowest BCUT2D eigenvalue weighted by Gasteiger charge is -2.36. The van der Waals surface area contributed by atoms with Crippen molar-refractivity contribution in [1.82, 2.24) is 9.80 Å². The zero-order valence-electron chi connectivity index (χ0n) is 21.8. The molecule has 2 fully saturated rings. The number of Topliss-reactive ketones (excluding diaryl/α,β-unsaturated/α-hetero) is 1. The summed E-state index contributed by atoms with van der Waals surface area (Å²) in [5.41, 5.74) is 1.96. The minimum atomic E-state index is -1.52. The second-order valence-corrected chi connectivity index (χ2v) is 11.0. The summed E-state index contributed by atoms with van der Waals surface area (Å²) in [5.74, 6) is -3.62. The summed E-state index contributed by atoms with van der Waals surface area (Å²) in [6.07, 6.45) is 1.65. The van der Waals surface area contributed by atoms with Crippen molar-refractivity contribution < 1.29 is 33.5 Å². The number of carbonyl (C=O) groups excluding carboxylic acids is 6. The van der Waals surface area contributed by atoms with E-state index in [1.54, 1.807) is 0 Å². The van der Waals surface area contributed by atoms with E-state index in [0.29, 0.717) is 25.7 Å². The second-order valence-electron chi connectivity index (χ2n) is 11.0. The van der Waals surface area contributed by atoms with Crippen LogP contribution < -0.4 is 0 Å². The molecule has 9 heteroatoms. The van der Waals surface area contributed by atoms with Crippen LogP contribution in [0.1, 0.15) is 59.3 Å². The Morgan fingerprint density at radius 1 is 0.750 bits per heavy atom. The van der Waals surface area contributed by atoms with Crippen molar-refractivity contribution in [3.05, 3.63) is 22.3 Å². The summed E-state index contributed by atoms with van der Waals surface area (Å²) in [4.78, 5) is 79.2. The highest BCUT2D eigenvalue weighted by Crippen LogP contribution is 2.49. The Hall–Kier alpha value is -3.10. The van der Waals surface area contributed by atoms with Gasteiger partial charge in [-0.1, -0.05) is 22.3 Å². The van der Waals surface area contributed by atoms with Gasteiger partial charge in [-0.3, -0.25) is 38.6 Å². The minimum Gasteiger partial charge on any atom is -0.468 e. The van der Waals surface area contributed by atoms with Crippen LogP contribution in [0, 0.1) is 29.1 Å². The second kappa shape index (κ2) is 9.09. The summed E-state index contributed by atoms with van der Waals surface area (Å²) in [7, 11) is 4.23. The Kier molecular flexibility index (Phi) is 6.56. The molecule has 0 aromatic carbocycles. The number of rotatable bonds is 6. The van der Waals surface area contributed by atoms with E-state index < -0.39 is 35.1 Å². The molecule has 2 heterocycles. The monoisotopic (exact) mass is 498 g/mol. The highest BCUT2D eigenvalue weighted by molar-refractivity contribution is 6.07. The number of hydrogen-bond donors (Lipinski definition) is 0. The Morgan fingerprint density at radius 2 is 1.08 bits per heavy atom. The van der Waals surface area contributed by atoms with E-state index in [9.17, 15) is 28.8 Å². The standard InChI is InChI=1S/C27H34N2O7/c1-13-7-18-20(24(33)28(4)22(18)31)9-16(13)11-27(15(3)30,26(35)36-6)12-17-10-21-19(8-14(17)2)23(32)29(5)25(21)34/h18-21H,7-12H2,1-6H3/t18-,19+,20+,21-,27?. The van der Waals surface area contributed by atoms with Crippen molar-refractivity contribution in [3.8, 4) is 0 Å². The third-order valence-corrected chi connectivity index (χ3v) is 9.03. The van der Waals surface area contributed by atoms with E-state index in [2.05, 4.69) is 0 Å². The predicted molar refractivity (Wildman–Crippen MR) is 128 cm³/mol. The molecule has 36 heavy (non-hydrogen) atoms. The number of carbonyl (C=O) groups is 6. The van der Waals surface area contributed by atoms with Gasteiger partial charge in [-0.15, -0.1) is 0 Å². The molecule has 0 saturated carbocycles. The fourth-order valence-electron chi connectivity index (χ4n) is 6.62. The lowest BCUT2D eigenvalue weighted by atomic mass is 9.66. The molecule has 0 aromatic heterocycles. The van der Waals surface area contributed by atoms with E-state index in [4.69, 9.17) is 4.74 Å². The molecule has 0 bridgehead atoms. The number of ketones is 1. The van der Waals surface area contributed by atoms with Crippen LogP contribution in [0.4, 0.5) is 0 Å². The molecule has 2 aliphatic heterocycles. The van der Waals surface area contributed by atoms with Gasteiger partial charge in [0.15, 0.2) is 0 Å². The van der Waals surface area contributed by atoms with E-state index >= 15 is 0 Å². The molecule has 194 valence electrons. The van der Waals surface area contributed by atoms with Crippen LogP contribution in [-0.2, 0) is 33.5 Å². The normalized spacial score (nSPS) is 30.1. The van der Waals surface area contributed by atoms with E-state index in [1.807, 2.05) is 13.8 Å². The van der Waals surface area contributed by atoms with E-state index in [1.165, 1.54) is 37.9 Å². The van der Waals surface area contributed by atoms with Crippen LogP contribution in [0.3, 0.4) is 0 Å². The molecule has 4 rings (SSSR count). The SMILES string of the molecule is COC(=O)C(CC1=C(C)C[C@H]2C(=O)N(C)C(=O)[C@H]2C1)(CC1=C(C)C[C@@H]2C(=O)N(C)C(=O)[C@@H]2C1)C(C)=O. The third kappa shape index (κ3) is 3.83. The number of methoxy groups -OCH3 is 1. The van der Waals surface area contributed by atoms with Gasteiger partial charge in [-0.2, -0.15) is 0 Å². The van der Waals surface area contributed by atoms with E-state index in [0.717, 1.165) is 22.3 Å². The van der Waals surface area contributed by atoms with Gasteiger partial charge in [-0.25, -0.2) is 0 Å². The molecule has 0 spiro atoms. The first-order valence-corrected chi connectivity index (χ1v) is 12.4. The number of ether oxygens (including phenoxy) is 1. The number of likely N-dealkylation sites (tertiary alicyclic amines) is 2. The van der Waals surface area contributed by atoms with Crippen molar-refractivity contribution in [2.75, 3.05) is 21.2 Å². The topological polar surface area (TPSA) is 118 Å². The molecule has 9 nitrogen and oxygen atoms in total. The lowest BCUT2D eigenvalue weighted by molar-refractivity contribution is -0.157. The maximum atomic E-state index is 13.3. The van der Waals surface area contributed by atoms with Gasteiger partial charge in [0, 0.05) is 14.1 Å². The lowest BCUT2D eigenvalue weighted by Crippen LogP contribution is -2.41. The number of allylic oxidation sites excluding steroid dienone is 4. The summed E-state index contributed by atoms with van der Waals surface area (Å²) in [6.45, 7) is 5.15. The summed E-state index contributed by atoms with van der Waals surface area (Å²) in [5, 5.41) is 0. The van der Waals surface area contributed by atoms with Gasteiger partial charge in [0.05, 0.1) is 30.8 Å². The van der Waals surface area contributed by atoms with Crippen LogP contribution in [0.15, 0.2) is 22.3 Å². The molecule has 2 saturated heterocycles. The number of fused-ring (bicyclic) bond motifs is 2. The largest absolute Gasteiger partial charge is 0.468 e. The van der Waals surface area contributed by atoms with Gasteiger partial charge in [0.1, 0.15) is 11.2 Å². The van der Waals surface area contributed by atoms with Gasteiger partial charge >= 0.3 is 5.97 Å². The Bertz CT molecular complexity index is 1070. The zero-order valence-corrected chi connectivity index (χ0v) is 21.8. The number of esters is 1. The molecule has 4 amide bonds. The number of nitrogens with zero attached hydrogens (tertiary/aromatic N) is 2.